The minimum atomic E-state index is -0.482. The summed E-state index contributed by atoms with van der Waals surface area (Å²) in [5.74, 6) is 0.986. The first-order chi connectivity index (χ1) is 12.6. The number of ether oxygens (including phenoxy) is 3. The minimum Gasteiger partial charge on any atom is -0.493 e. The van der Waals surface area contributed by atoms with Gasteiger partial charge in [-0.15, -0.1) is 0 Å². The van der Waals surface area contributed by atoms with Gasteiger partial charge >= 0.3 is 5.97 Å². The van der Waals surface area contributed by atoms with E-state index in [2.05, 4.69) is 4.99 Å². The van der Waals surface area contributed by atoms with Gasteiger partial charge in [-0.05, 0) is 47.9 Å². The molecule has 2 aromatic rings. The number of carbonyl (C=O) groups is 1. The molecular formula is C21H19NO4. The summed E-state index contributed by atoms with van der Waals surface area (Å²) in [7, 11) is 3.13. The van der Waals surface area contributed by atoms with Crippen LogP contribution in [-0.2, 0) is 9.53 Å². The van der Waals surface area contributed by atoms with Crippen molar-refractivity contribution in [2.24, 2.45) is 4.99 Å². The van der Waals surface area contributed by atoms with Crippen molar-refractivity contribution >= 4 is 24.0 Å². The lowest BCUT2D eigenvalue weighted by atomic mass is 10.1. The molecule has 0 spiro atoms. The zero-order chi connectivity index (χ0) is 18.5. The van der Waals surface area contributed by atoms with Crippen LogP contribution in [0.15, 0.2) is 59.2 Å². The summed E-state index contributed by atoms with van der Waals surface area (Å²) < 4.78 is 15.7. The lowest BCUT2D eigenvalue weighted by molar-refractivity contribution is -0.129. The van der Waals surface area contributed by atoms with Gasteiger partial charge in [-0.3, -0.25) is 0 Å². The molecule has 0 radical (unpaired) electrons. The molecule has 1 aliphatic heterocycles. The van der Waals surface area contributed by atoms with Crippen LogP contribution < -0.4 is 9.47 Å². The van der Waals surface area contributed by atoms with E-state index < -0.39 is 5.97 Å². The molecule has 132 valence electrons. The SMILES string of the molecule is COc1ccc(C=C2N=C(C=Cc3ccccc3C)OC2=O)cc1OC. The number of hydrogen-bond acceptors (Lipinski definition) is 5. The van der Waals surface area contributed by atoms with E-state index in [1.807, 2.05) is 43.3 Å². The fourth-order valence-corrected chi connectivity index (χ4v) is 2.53. The van der Waals surface area contributed by atoms with Gasteiger partial charge < -0.3 is 14.2 Å². The van der Waals surface area contributed by atoms with Crippen molar-refractivity contribution in [2.45, 2.75) is 6.92 Å². The van der Waals surface area contributed by atoms with Crippen LogP contribution in [0.5, 0.6) is 11.5 Å². The molecular weight excluding hydrogens is 330 g/mol. The summed E-state index contributed by atoms with van der Waals surface area (Å²) in [6, 6.07) is 13.3. The third-order valence-electron chi connectivity index (χ3n) is 3.94. The molecule has 1 aliphatic rings. The Kier molecular flexibility index (Phi) is 5.17. The number of aryl methyl sites for hydroxylation is 1. The second-order valence-corrected chi connectivity index (χ2v) is 5.67. The monoisotopic (exact) mass is 349 g/mol. The number of nitrogens with zero attached hydrogens (tertiary/aromatic N) is 1. The quantitative estimate of drug-likeness (QED) is 0.604. The van der Waals surface area contributed by atoms with E-state index in [-0.39, 0.29) is 11.6 Å². The van der Waals surface area contributed by atoms with Gasteiger partial charge in [-0.2, -0.15) is 0 Å². The smallest absolute Gasteiger partial charge is 0.363 e. The van der Waals surface area contributed by atoms with Gasteiger partial charge in [0.2, 0.25) is 5.90 Å². The highest BCUT2D eigenvalue weighted by atomic mass is 16.6. The van der Waals surface area contributed by atoms with E-state index in [9.17, 15) is 4.79 Å². The standard InChI is InChI=1S/C21H19NO4/c1-14-6-4-5-7-16(14)9-11-20-22-17(21(23)26-20)12-15-8-10-18(24-2)19(13-15)25-3/h4-13H,1-3H3. The van der Waals surface area contributed by atoms with Crippen LogP contribution in [0, 0.1) is 6.92 Å². The van der Waals surface area contributed by atoms with Crippen molar-refractivity contribution < 1.29 is 19.0 Å². The number of carbonyl (C=O) groups excluding carboxylic acids is 1. The zero-order valence-corrected chi connectivity index (χ0v) is 14.9. The van der Waals surface area contributed by atoms with E-state index in [0.717, 1.165) is 16.7 Å². The van der Waals surface area contributed by atoms with Gasteiger partial charge in [-0.25, -0.2) is 9.79 Å². The second kappa shape index (κ2) is 7.70. The second-order valence-electron chi connectivity index (χ2n) is 5.67. The molecule has 0 unspecified atom stereocenters. The summed E-state index contributed by atoms with van der Waals surface area (Å²) in [6.45, 7) is 2.02. The van der Waals surface area contributed by atoms with Crippen molar-refractivity contribution in [3.63, 3.8) is 0 Å². The van der Waals surface area contributed by atoms with Gasteiger partial charge in [-0.1, -0.05) is 30.3 Å². The number of cyclic esters (lactones) is 1. The predicted molar refractivity (Wildman–Crippen MR) is 101 cm³/mol. The molecule has 0 amide bonds. The van der Waals surface area contributed by atoms with E-state index in [1.165, 1.54) is 0 Å². The normalized spacial score (nSPS) is 15.3. The molecule has 26 heavy (non-hydrogen) atoms. The van der Waals surface area contributed by atoms with Crippen LogP contribution in [0.3, 0.4) is 0 Å². The maximum atomic E-state index is 12.0. The number of aliphatic imine (C=N–C) groups is 1. The lowest BCUT2D eigenvalue weighted by Gasteiger charge is -2.07. The Bertz CT molecular complexity index is 925. The molecule has 0 aliphatic carbocycles. The summed E-state index contributed by atoms with van der Waals surface area (Å²) in [5.41, 5.74) is 3.18. The first-order valence-electron chi connectivity index (χ1n) is 8.09. The number of benzene rings is 2. The third kappa shape index (κ3) is 3.83. The average Bonchev–Trinajstić information content (AvgIpc) is 3.00. The fraction of sp³-hybridized carbons (Fsp3) is 0.143. The van der Waals surface area contributed by atoms with Crippen molar-refractivity contribution in [1.82, 2.24) is 0 Å². The molecule has 0 fully saturated rings. The van der Waals surface area contributed by atoms with Crippen molar-refractivity contribution in [3.05, 3.63) is 70.9 Å². The lowest BCUT2D eigenvalue weighted by Crippen LogP contribution is -2.01. The average molecular weight is 349 g/mol. The first-order valence-corrected chi connectivity index (χ1v) is 8.09. The highest BCUT2D eigenvalue weighted by Crippen LogP contribution is 2.29. The highest BCUT2D eigenvalue weighted by molar-refractivity contribution is 6.11. The Morgan fingerprint density at radius 1 is 1.00 bits per heavy atom. The summed E-state index contributed by atoms with van der Waals surface area (Å²) in [4.78, 5) is 16.3. The Labute approximate surface area is 152 Å². The predicted octanol–water partition coefficient (Wildman–Crippen LogP) is 4.02. The maximum Gasteiger partial charge on any atom is 0.363 e. The molecule has 0 aromatic heterocycles. The third-order valence-corrected chi connectivity index (χ3v) is 3.94. The van der Waals surface area contributed by atoms with Crippen LogP contribution in [0.4, 0.5) is 0 Å². The molecule has 5 nitrogen and oxygen atoms in total. The van der Waals surface area contributed by atoms with Gasteiger partial charge in [0.1, 0.15) is 0 Å². The molecule has 3 rings (SSSR count). The molecule has 0 saturated heterocycles. The van der Waals surface area contributed by atoms with E-state index >= 15 is 0 Å². The summed E-state index contributed by atoms with van der Waals surface area (Å²) >= 11 is 0. The zero-order valence-electron chi connectivity index (χ0n) is 14.9. The summed E-state index contributed by atoms with van der Waals surface area (Å²) in [6.07, 6.45) is 5.22. The van der Waals surface area contributed by atoms with Crippen molar-refractivity contribution in [2.75, 3.05) is 14.2 Å². The molecule has 0 saturated carbocycles. The Hall–Kier alpha value is -3.34. The fourth-order valence-electron chi connectivity index (χ4n) is 2.53. The van der Waals surface area contributed by atoms with Gasteiger partial charge in [0.15, 0.2) is 17.2 Å². The highest BCUT2D eigenvalue weighted by Gasteiger charge is 2.21. The largest absolute Gasteiger partial charge is 0.493 e. The number of esters is 1. The summed E-state index contributed by atoms with van der Waals surface area (Å²) in [5, 5.41) is 0. The maximum absolute atomic E-state index is 12.0. The van der Waals surface area contributed by atoms with Crippen molar-refractivity contribution in [1.29, 1.82) is 0 Å². The molecule has 2 aromatic carbocycles. The van der Waals surface area contributed by atoms with E-state index in [0.29, 0.717) is 11.5 Å². The van der Waals surface area contributed by atoms with Crippen LogP contribution in [0.2, 0.25) is 0 Å². The molecule has 1 heterocycles. The first kappa shape index (κ1) is 17.5. The minimum absolute atomic E-state index is 0.238. The molecule has 5 heteroatoms. The topological polar surface area (TPSA) is 57.1 Å². The molecule has 0 N–H and O–H groups in total. The van der Waals surface area contributed by atoms with E-state index in [1.54, 1.807) is 38.5 Å². The van der Waals surface area contributed by atoms with Crippen LogP contribution in [0.1, 0.15) is 16.7 Å². The number of hydrogen-bond donors (Lipinski definition) is 0. The van der Waals surface area contributed by atoms with Gasteiger partial charge in [0, 0.05) is 6.08 Å². The number of methoxy groups -OCH3 is 2. The van der Waals surface area contributed by atoms with Crippen LogP contribution in [0.25, 0.3) is 12.2 Å². The van der Waals surface area contributed by atoms with Gasteiger partial charge in [0.05, 0.1) is 14.2 Å². The van der Waals surface area contributed by atoms with Crippen LogP contribution in [-0.4, -0.2) is 26.1 Å². The Morgan fingerprint density at radius 2 is 1.77 bits per heavy atom. The number of rotatable bonds is 5. The molecule has 0 atom stereocenters. The Morgan fingerprint density at radius 3 is 2.50 bits per heavy atom. The van der Waals surface area contributed by atoms with Crippen LogP contribution >= 0.6 is 0 Å². The van der Waals surface area contributed by atoms with E-state index in [4.69, 9.17) is 14.2 Å². The molecule has 0 bridgehead atoms. The van der Waals surface area contributed by atoms with Gasteiger partial charge in [0.25, 0.3) is 0 Å². The Balaban J connectivity index is 1.84. The van der Waals surface area contributed by atoms with Crippen molar-refractivity contribution in [3.8, 4) is 11.5 Å².